The third kappa shape index (κ3) is 3.04. The van der Waals surface area contributed by atoms with Crippen molar-refractivity contribution in [1.82, 2.24) is 4.90 Å². The van der Waals surface area contributed by atoms with Crippen molar-refractivity contribution >= 4 is 17.2 Å². The number of thiophene rings is 1. The van der Waals surface area contributed by atoms with E-state index < -0.39 is 0 Å². The molecule has 0 atom stereocenters. The average molecular weight is 292 g/mol. The lowest BCUT2D eigenvalue weighted by molar-refractivity contribution is -0.0368. The fourth-order valence-corrected chi connectivity index (χ4v) is 3.21. The van der Waals surface area contributed by atoms with E-state index in [2.05, 4.69) is 11.8 Å². The highest BCUT2D eigenvalue weighted by atomic mass is 32.1. The van der Waals surface area contributed by atoms with E-state index >= 15 is 0 Å². The molecule has 0 saturated carbocycles. The van der Waals surface area contributed by atoms with Crippen LogP contribution in [-0.4, -0.2) is 42.6 Å². The molecule has 0 bridgehead atoms. The van der Waals surface area contributed by atoms with Crippen LogP contribution in [0, 0.1) is 18.8 Å². The van der Waals surface area contributed by atoms with Crippen LogP contribution in [0.5, 0.6) is 0 Å². The topological polar surface area (TPSA) is 55.6 Å². The van der Waals surface area contributed by atoms with Gasteiger partial charge in [0.15, 0.2) is 0 Å². The first kappa shape index (κ1) is 15.0. The Kier molecular flexibility index (Phi) is 4.48. The lowest BCUT2D eigenvalue weighted by atomic mass is 10.0. The highest BCUT2D eigenvalue weighted by Gasteiger charge is 2.35. The molecule has 0 radical (unpaired) electrons. The van der Waals surface area contributed by atoms with Crippen molar-refractivity contribution in [2.24, 2.45) is 5.73 Å². The van der Waals surface area contributed by atoms with Crippen molar-refractivity contribution in [1.29, 1.82) is 0 Å². The van der Waals surface area contributed by atoms with Crippen LogP contribution in [0.3, 0.4) is 0 Å². The fraction of sp³-hybridized carbons (Fsp3) is 0.533. The van der Waals surface area contributed by atoms with Gasteiger partial charge in [-0.1, -0.05) is 11.8 Å². The van der Waals surface area contributed by atoms with Crippen LogP contribution < -0.4 is 5.73 Å². The molecule has 1 fully saturated rings. The molecule has 0 unspecified atom stereocenters. The lowest BCUT2D eigenvalue weighted by Crippen LogP contribution is -2.55. The second-order valence-electron chi connectivity index (χ2n) is 5.45. The van der Waals surface area contributed by atoms with Crippen LogP contribution in [0.1, 0.15) is 34.0 Å². The van der Waals surface area contributed by atoms with E-state index in [9.17, 15) is 4.79 Å². The van der Waals surface area contributed by atoms with Crippen molar-refractivity contribution in [3.8, 4) is 11.8 Å². The maximum Gasteiger partial charge on any atom is 0.264 e. The summed E-state index contributed by atoms with van der Waals surface area (Å²) in [5, 5.41) is 0. The Balaban J connectivity index is 2.25. The van der Waals surface area contributed by atoms with Crippen molar-refractivity contribution in [3.05, 3.63) is 21.4 Å². The second-order valence-corrected chi connectivity index (χ2v) is 6.50. The Morgan fingerprint density at radius 1 is 1.60 bits per heavy atom. The van der Waals surface area contributed by atoms with Gasteiger partial charge in [0.05, 0.1) is 35.1 Å². The van der Waals surface area contributed by atoms with Crippen LogP contribution >= 0.6 is 11.3 Å². The molecule has 5 heteroatoms. The molecular formula is C15H20N2O2S. The molecule has 4 nitrogen and oxygen atoms in total. The monoisotopic (exact) mass is 292 g/mol. The normalized spacial score (nSPS) is 17.5. The minimum absolute atomic E-state index is 0.0622. The van der Waals surface area contributed by atoms with E-state index in [0.717, 1.165) is 15.3 Å². The lowest BCUT2D eigenvalue weighted by Gasteiger charge is -2.41. The van der Waals surface area contributed by atoms with Crippen molar-refractivity contribution < 1.29 is 9.53 Å². The molecule has 1 aromatic rings. The van der Waals surface area contributed by atoms with Gasteiger partial charge in [0.2, 0.25) is 0 Å². The summed E-state index contributed by atoms with van der Waals surface area (Å²) in [4.78, 5) is 16.2. The van der Waals surface area contributed by atoms with Gasteiger partial charge in [0.1, 0.15) is 0 Å². The summed E-state index contributed by atoms with van der Waals surface area (Å²) in [6.45, 7) is 8.16. The fourth-order valence-electron chi connectivity index (χ4n) is 2.21. The molecule has 2 heterocycles. The Morgan fingerprint density at radius 2 is 2.35 bits per heavy atom. The van der Waals surface area contributed by atoms with Gasteiger partial charge >= 0.3 is 0 Å². The van der Waals surface area contributed by atoms with Gasteiger partial charge in [-0.15, -0.1) is 11.3 Å². The van der Waals surface area contributed by atoms with Crippen LogP contribution in [-0.2, 0) is 4.74 Å². The van der Waals surface area contributed by atoms with Gasteiger partial charge in [0, 0.05) is 6.54 Å². The molecule has 1 aromatic heterocycles. The van der Waals surface area contributed by atoms with Crippen LogP contribution in [0.15, 0.2) is 6.07 Å². The number of morpholine rings is 1. The molecule has 0 aliphatic carbocycles. The zero-order chi connectivity index (χ0) is 14.8. The van der Waals surface area contributed by atoms with Gasteiger partial charge < -0.3 is 15.4 Å². The van der Waals surface area contributed by atoms with Gasteiger partial charge in [-0.25, -0.2) is 0 Å². The Labute approximate surface area is 123 Å². The molecule has 2 N–H and O–H groups in total. The predicted octanol–water partition coefficient (Wildman–Crippen LogP) is 1.62. The maximum absolute atomic E-state index is 12.7. The minimum atomic E-state index is -0.268. The molecule has 1 saturated heterocycles. The molecule has 2 rings (SSSR count). The number of nitrogens with zero attached hydrogens (tertiary/aromatic N) is 1. The number of carbonyl (C=O) groups is 1. The standard InChI is InChI=1S/C15H20N2O2S/c1-11-9-13(20-12(11)5-4-6-16)14(18)17-7-8-19-10-15(17,2)3/h9H,6-8,10,16H2,1-3H3. The van der Waals surface area contributed by atoms with Crippen molar-refractivity contribution in [3.63, 3.8) is 0 Å². The SMILES string of the molecule is Cc1cc(C(=O)N2CCOCC2(C)C)sc1C#CCN. The zero-order valence-electron chi connectivity index (χ0n) is 12.2. The summed E-state index contributed by atoms with van der Waals surface area (Å²) in [5.41, 5.74) is 6.15. The summed E-state index contributed by atoms with van der Waals surface area (Å²) >= 11 is 1.44. The highest BCUT2D eigenvalue weighted by Crippen LogP contribution is 2.27. The van der Waals surface area contributed by atoms with Gasteiger partial charge in [-0.05, 0) is 32.4 Å². The number of aryl methyl sites for hydroxylation is 1. The highest BCUT2D eigenvalue weighted by molar-refractivity contribution is 7.14. The predicted molar refractivity (Wildman–Crippen MR) is 80.9 cm³/mol. The third-order valence-corrected chi connectivity index (χ3v) is 4.46. The number of hydrogen-bond acceptors (Lipinski definition) is 4. The van der Waals surface area contributed by atoms with E-state index in [1.165, 1.54) is 11.3 Å². The van der Waals surface area contributed by atoms with Gasteiger partial charge in [-0.3, -0.25) is 4.79 Å². The van der Waals surface area contributed by atoms with Crippen LogP contribution in [0.4, 0.5) is 0 Å². The largest absolute Gasteiger partial charge is 0.377 e. The number of amides is 1. The number of carbonyl (C=O) groups excluding carboxylic acids is 1. The first-order valence-electron chi connectivity index (χ1n) is 6.65. The second kappa shape index (κ2) is 5.96. The third-order valence-electron chi connectivity index (χ3n) is 3.32. The van der Waals surface area contributed by atoms with E-state index in [-0.39, 0.29) is 11.4 Å². The summed E-state index contributed by atoms with van der Waals surface area (Å²) in [6, 6.07) is 1.92. The molecule has 0 aromatic carbocycles. The first-order valence-corrected chi connectivity index (χ1v) is 7.46. The van der Waals surface area contributed by atoms with E-state index in [1.54, 1.807) is 0 Å². The number of nitrogens with two attached hydrogens (primary N) is 1. The van der Waals surface area contributed by atoms with Crippen molar-refractivity contribution in [2.75, 3.05) is 26.3 Å². The smallest absolute Gasteiger partial charge is 0.264 e. The summed E-state index contributed by atoms with van der Waals surface area (Å²) < 4.78 is 5.46. The van der Waals surface area contributed by atoms with E-state index in [1.807, 2.05) is 31.7 Å². The first-order chi connectivity index (χ1) is 9.45. The van der Waals surface area contributed by atoms with E-state index in [0.29, 0.717) is 26.3 Å². The molecule has 0 spiro atoms. The molecule has 1 amide bonds. The molecule has 108 valence electrons. The number of rotatable bonds is 1. The average Bonchev–Trinajstić information content (AvgIpc) is 2.76. The Morgan fingerprint density at radius 3 is 3.00 bits per heavy atom. The molecule has 1 aliphatic heterocycles. The summed E-state index contributed by atoms with van der Waals surface area (Å²) in [7, 11) is 0. The number of hydrogen-bond donors (Lipinski definition) is 1. The quantitative estimate of drug-likeness (QED) is 0.800. The Bertz CT molecular complexity index is 566. The Hall–Kier alpha value is -1.35. The maximum atomic E-state index is 12.7. The van der Waals surface area contributed by atoms with Gasteiger partial charge in [0.25, 0.3) is 5.91 Å². The van der Waals surface area contributed by atoms with Crippen LogP contribution in [0.2, 0.25) is 0 Å². The summed E-state index contributed by atoms with van der Waals surface area (Å²) in [5.74, 6) is 5.92. The molecule has 1 aliphatic rings. The summed E-state index contributed by atoms with van der Waals surface area (Å²) in [6.07, 6.45) is 0. The molecule has 20 heavy (non-hydrogen) atoms. The number of ether oxygens (including phenoxy) is 1. The minimum Gasteiger partial charge on any atom is -0.377 e. The van der Waals surface area contributed by atoms with E-state index in [4.69, 9.17) is 10.5 Å². The van der Waals surface area contributed by atoms with Crippen molar-refractivity contribution in [2.45, 2.75) is 26.3 Å². The molecular weight excluding hydrogens is 272 g/mol. The van der Waals surface area contributed by atoms with Crippen LogP contribution in [0.25, 0.3) is 0 Å². The van der Waals surface area contributed by atoms with Gasteiger partial charge in [-0.2, -0.15) is 0 Å². The zero-order valence-corrected chi connectivity index (χ0v) is 13.0.